The van der Waals surface area contributed by atoms with Crippen molar-refractivity contribution in [1.29, 1.82) is 0 Å². The standard InChI is InChI=1S/C19H21N3O4/c20-18(17(22-21)19(23)24)26-15-8-6-13(7-9-15)14-2-1-3-16(10-14)25-11-12-4-5-12/h1-3,6-10,12,22H,4-5,11,20-21H2,(H,23,24)/b18-17+. The maximum atomic E-state index is 11.0. The number of hydrogen-bond acceptors (Lipinski definition) is 6. The molecule has 26 heavy (non-hydrogen) atoms. The van der Waals surface area contributed by atoms with Gasteiger partial charge >= 0.3 is 5.97 Å². The van der Waals surface area contributed by atoms with Crippen LogP contribution < -0.4 is 26.5 Å². The van der Waals surface area contributed by atoms with Crippen LogP contribution in [-0.2, 0) is 4.79 Å². The van der Waals surface area contributed by atoms with Gasteiger partial charge in [0.2, 0.25) is 5.88 Å². The number of rotatable bonds is 8. The first-order valence-electron chi connectivity index (χ1n) is 8.27. The van der Waals surface area contributed by atoms with E-state index in [0.29, 0.717) is 11.7 Å². The van der Waals surface area contributed by atoms with E-state index in [1.807, 2.05) is 41.8 Å². The summed E-state index contributed by atoms with van der Waals surface area (Å²) in [4.78, 5) is 11.0. The first kappa shape index (κ1) is 17.6. The number of carboxylic acids is 1. The third-order valence-electron chi connectivity index (χ3n) is 4.04. The molecule has 0 atom stereocenters. The van der Waals surface area contributed by atoms with E-state index >= 15 is 0 Å². The smallest absolute Gasteiger partial charge is 0.358 e. The van der Waals surface area contributed by atoms with Crippen LogP contribution in [0.15, 0.2) is 60.1 Å². The Bertz CT molecular complexity index is 814. The number of carboxylic acid groups (broad SMARTS) is 1. The van der Waals surface area contributed by atoms with Crippen LogP contribution in [0, 0.1) is 5.92 Å². The van der Waals surface area contributed by atoms with Gasteiger partial charge in [0, 0.05) is 0 Å². The molecule has 136 valence electrons. The maximum absolute atomic E-state index is 11.0. The Morgan fingerprint density at radius 2 is 1.85 bits per heavy atom. The summed E-state index contributed by atoms with van der Waals surface area (Å²) in [5, 5.41) is 8.95. The van der Waals surface area contributed by atoms with Gasteiger partial charge in [0.25, 0.3) is 0 Å². The van der Waals surface area contributed by atoms with Crippen molar-refractivity contribution in [1.82, 2.24) is 5.43 Å². The molecule has 0 spiro atoms. The molecule has 1 saturated carbocycles. The van der Waals surface area contributed by atoms with Gasteiger partial charge in [-0.25, -0.2) is 4.79 Å². The van der Waals surface area contributed by atoms with Crippen LogP contribution in [0.25, 0.3) is 11.1 Å². The molecule has 7 nitrogen and oxygen atoms in total. The molecule has 1 aliphatic carbocycles. The predicted molar refractivity (Wildman–Crippen MR) is 96.9 cm³/mol. The van der Waals surface area contributed by atoms with Gasteiger partial charge in [-0.15, -0.1) is 0 Å². The van der Waals surface area contributed by atoms with Crippen LogP contribution in [0.1, 0.15) is 12.8 Å². The Morgan fingerprint density at radius 1 is 1.12 bits per heavy atom. The molecule has 0 bridgehead atoms. The summed E-state index contributed by atoms with van der Waals surface area (Å²) in [6.07, 6.45) is 2.50. The average molecular weight is 355 g/mol. The van der Waals surface area contributed by atoms with Crippen molar-refractivity contribution in [3.63, 3.8) is 0 Å². The number of nitrogens with one attached hydrogen (secondary N) is 1. The molecule has 0 saturated heterocycles. The lowest BCUT2D eigenvalue weighted by molar-refractivity contribution is -0.133. The first-order valence-corrected chi connectivity index (χ1v) is 8.27. The minimum Gasteiger partial charge on any atom is -0.493 e. The van der Waals surface area contributed by atoms with Crippen LogP contribution in [0.3, 0.4) is 0 Å². The van der Waals surface area contributed by atoms with Gasteiger partial charge in [-0.3, -0.25) is 5.84 Å². The summed E-state index contributed by atoms with van der Waals surface area (Å²) in [5.41, 5.74) is 9.20. The number of hydrazine groups is 1. The minimum absolute atomic E-state index is 0.316. The molecule has 7 heteroatoms. The molecule has 1 fully saturated rings. The van der Waals surface area contributed by atoms with E-state index in [9.17, 15) is 4.79 Å². The Hall–Kier alpha value is -3.19. The zero-order chi connectivity index (χ0) is 18.5. The van der Waals surface area contributed by atoms with Crippen molar-refractivity contribution < 1.29 is 19.4 Å². The fourth-order valence-corrected chi connectivity index (χ4v) is 2.40. The average Bonchev–Trinajstić information content (AvgIpc) is 3.45. The second-order valence-corrected chi connectivity index (χ2v) is 6.10. The number of carbonyl (C=O) groups is 1. The second kappa shape index (κ2) is 7.79. The van der Waals surface area contributed by atoms with E-state index in [-0.39, 0.29) is 5.88 Å². The highest BCUT2D eigenvalue weighted by Crippen LogP contribution is 2.31. The van der Waals surface area contributed by atoms with Gasteiger partial charge < -0.3 is 25.7 Å². The summed E-state index contributed by atoms with van der Waals surface area (Å²) < 4.78 is 11.1. The molecule has 2 aromatic carbocycles. The highest BCUT2D eigenvalue weighted by atomic mass is 16.5. The number of hydrogen-bond donors (Lipinski definition) is 4. The van der Waals surface area contributed by atoms with Crippen molar-refractivity contribution >= 4 is 5.97 Å². The topological polar surface area (TPSA) is 120 Å². The van der Waals surface area contributed by atoms with Crippen LogP contribution >= 0.6 is 0 Å². The van der Waals surface area contributed by atoms with E-state index in [2.05, 4.69) is 0 Å². The maximum Gasteiger partial charge on any atom is 0.358 e. The quantitative estimate of drug-likeness (QED) is 0.248. The van der Waals surface area contributed by atoms with E-state index in [1.165, 1.54) is 12.8 Å². The molecule has 6 N–H and O–H groups in total. The first-order chi connectivity index (χ1) is 12.6. The van der Waals surface area contributed by atoms with Crippen molar-refractivity contribution in [3.05, 3.63) is 60.1 Å². The van der Waals surface area contributed by atoms with E-state index < -0.39 is 11.7 Å². The van der Waals surface area contributed by atoms with Crippen molar-refractivity contribution in [2.45, 2.75) is 12.8 Å². The van der Waals surface area contributed by atoms with Crippen LogP contribution in [-0.4, -0.2) is 17.7 Å². The third kappa shape index (κ3) is 4.46. The highest BCUT2D eigenvalue weighted by molar-refractivity contribution is 5.86. The van der Waals surface area contributed by atoms with Gasteiger partial charge in [0.15, 0.2) is 5.70 Å². The van der Waals surface area contributed by atoms with Gasteiger partial charge in [0.1, 0.15) is 11.5 Å². The predicted octanol–water partition coefficient (Wildman–Crippen LogP) is 2.20. The molecule has 0 unspecified atom stereocenters. The molecule has 2 aromatic rings. The Labute approximate surface area is 151 Å². The zero-order valence-corrected chi connectivity index (χ0v) is 14.1. The largest absolute Gasteiger partial charge is 0.493 e. The van der Waals surface area contributed by atoms with Crippen LogP contribution in [0.4, 0.5) is 0 Å². The monoisotopic (exact) mass is 355 g/mol. The summed E-state index contributed by atoms with van der Waals surface area (Å²) in [5.74, 6) is 5.47. The number of benzene rings is 2. The van der Waals surface area contributed by atoms with Crippen LogP contribution in [0.5, 0.6) is 11.5 Å². The second-order valence-electron chi connectivity index (χ2n) is 6.10. The van der Waals surface area contributed by atoms with Crippen molar-refractivity contribution in [2.24, 2.45) is 17.5 Å². The van der Waals surface area contributed by atoms with Gasteiger partial charge in [-0.05, 0) is 54.2 Å². The lowest BCUT2D eigenvalue weighted by atomic mass is 10.1. The third-order valence-corrected chi connectivity index (χ3v) is 4.04. The molecule has 0 heterocycles. The summed E-state index contributed by atoms with van der Waals surface area (Å²) in [6.45, 7) is 0.767. The molecular weight excluding hydrogens is 334 g/mol. The normalized spacial score (nSPS) is 14.3. The molecule has 0 aliphatic heterocycles. The van der Waals surface area contributed by atoms with E-state index in [0.717, 1.165) is 23.5 Å². The van der Waals surface area contributed by atoms with Gasteiger partial charge in [0.05, 0.1) is 6.61 Å². The Morgan fingerprint density at radius 3 is 2.46 bits per heavy atom. The van der Waals surface area contributed by atoms with E-state index in [1.54, 1.807) is 12.1 Å². The Kier molecular flexibility index (Phi) is 5.28. The lowest BCUT2D eigenvalue weighted by Gasteiger charge is -2.10. The molecular formula is C19H21N3O4. The number of ether oxygens (including phenoxy) is 2. The number of nitrogens with two attached hydrogens (primary N) is 2. The SMILES string of the molecule is NN/C(C(=O)O)=C(\N)Oc1ccc(-c2cccc(OCC3CC3)c2)cc1. The lowest BCUT2D eigenvalue weighted by Crippen LogP contribution is -2.31. The summed E-state index contributed by atoms with van der Waals surface area (Å²) in [7, 11) is 0. The highest BCUT2D eigenvalue weighted by Gasteiger charge is 2.21. The minimum atomic E-state index is -1.30. The van der Waals surface area contributed by atoms with E-state index in [4.69, 9.17) is 26.2 Å². The molecule has 0 aromatic heterocycles. The van der Waals surface area contributed by atoms with Gasteiger partial charge in [-0.1, -0.05) is 24.3 Å². The molecule has 1 aliphatic rings. The fourth-order valence-electron chi connectivity index (χ4n) is 2.40. The zero-order valence-electron chi connectivity index (χ0n) is 14.1. The molecule has 3 rings (SSSR count). The summed E-state index contributed by atoms with van der Waals surface area (Å²) >= 11 is 0. The number of aliphatic carboxylic acids is 1. The van der Waals surface area contributed by atoms with Crippen LogP contribution in [0.2, 0.25) is 0 Å². The Balaban J connectivity index is 1.71. The molecule has 0 radical (unpaired) electrons. The summed E-state index contributed by atoms with van der Waals surface area (Å²) in [6, 6.07) is 15.0. The van der Waals surface area contributed by atoms with Gasteiger partial charge in [-0.2, -0.15) is 0 Å². The van der Waals surface area contributed by atoms with Crippen molar-refractivity contribution in [2.75, 3.05) is 6.61 Å². The fraction of sp³-hybridized carbons (Fsp3) is 0.211. The molecule has 0 amide bonds. The van der Waals surface area contributed by atoms with Crippen molar-refractivity contribution in [3.8, 4) is 22.6 Å².